The predicted molar refractivity (Wildman–Crippen MR) is 121 cm³/mol. The molecule has 0 bridgehead atoms. The lowest BCUT2D eigenvalue weighted by atomic mass is 10.1. The molecule has 1 aromatic carbocycles. The summed E-state index contributed by atoms with van der Waals surface area (Å²) in [7, 11) is 0. The van der Waals surface area contributed by atoms with E-state index in [2.05, 4.69) is 15.3 Å². The zero-order chi connectivity index (χ0) is 21.9. The fourth-order valence-electron chi connectivity index (χ4n) is 4.02. The average Bonchev–Trinajstić information content (AvgIpc) is 3.59. The molecule has 32 heavy (non-hydrogen) atoms. The van der Waals surface area contributed by atoms with Crippen molar-refractivity contribution in [2.75, 3.05) is 43.1 Å². The number of carbonyl (C=O) groups excluding carboxylic acids is 1. The number of hydrazone groups is 1. The van der Waals surface area contributed by atoms with Crippen LogP contribution in [-0.4, -0.2) is 49.5 Å². The van der Waals surface area contributed by atoms with Crippen LogP contribution in [-0.2, 0) is 9.53 Å². The van der Waals surface area contributed by atoms with Crippen molar-refractivity contribution in [1.82, 2.24) is 5.01 Å². The van der Waals surface area contributed by atoms with Crippen LogP contribution in [0.15, 0.2) is 68.9 Å². The van der Waals surface area contributed by atoms with E-state index >= 15 is 0 Å². The van der Waals surface area contributed by atoms with Crippen LogP contribution in [0.5, 0.6) is 0 Å². The van der Waals surface area contributed by atoms with E-state index in [1.165, 1.54) is 5.01 Å². The third kappa shape index (κ3) is 4.24. The molecule has 1 N–H and O–H groups in total. The molecule has 1 atom stereocenters. The number of hydrogen-bond acceptors (Lipinski definition) is 7. The number of morpholine rings is 1. The summed E-state index contributed by atoms with van der Waals surface area (Å²) in [5.74, 6) is 1.15. The molecule has 1 fully saturated rings. The topological polar surface area (TPSA) is 83.5 Å². The Balaban J connectivity index is 1.35. The van der Waals surface area contributed by atoms with Gasteiger partial charge in [0.2, 0.25) is 0 Å². The van der Waals surface area contributed by atoms with Crippen LogP contribution >= 0.6 is 11.6 Å². The van der Waals surface area contributed by atoms with Crippen molar-refractivity contribution in [2.24, 2.45) is 5.10 Å². The summed E-state index contributed by atoms with van der Waals surface area (Å²) in [6.07, 6.45) is 3.71. The minimum atomic E-state index is -0.322. The van der Waals surface area contributed by atoms with Gasteiger partial charge in [-0.05, 0) is 42.5 Å². The van der Waals surface area contributed by atoms with Crippen LogP contribution in [0.2, 0.25) is 5.02 Å². The van der Waals surface area contributed by atoms with E-state index in [0.29, 0.717) is 41.9 Å². The molecule has 0 saturated carbocycles. The molecule has 9 heteroatoms. The first kappa shape index (κ1) is 20.7. The van der Waals surface area contributed by atoms with Crippen molar-refractivity contribution < 1.29 is 18.4 Å². The number of nitrogens with one attached hydrogen (secondary N) is 1. The first-order chi connectivity index (χ1) is 15.7. The Morgan fingerprint density at radius 3 is 2.69 bits per heavy atom. The summed E-state index contributed by atoms with van der Waals surface area (Å²) in [4.78, 5) is 15.5. The van der Waals surface area contributed by atoms with Gasteiger partial charge in [-0.1, -0.05) is 11.6 Å². The van der Waals surface area contributed by atoms with E-state index in [4.69, 9.17) is 25.2 Å². The standard InChI is InChI=1S/C23H23ClN4O4/c24-16-5-6-19(27-7-11-30-12-8-27)17(13-16)25-15-23(29)28-20(22-4-2-10-32-22)14-18(26-28)21-3-1-9-31-21/h1-6,9-10,13,20,25H,7-8,11-12,14-15H2. The van der Waals surface area contributed by atoms with Crippen molar-refractivity contribution in [3.63, 3.8) is 0 Å². The second-order valence-electron chi connectivity index (χ2n) is 7.61. The number of halogens is 1. The fourth-order valence-corrected chi connectivity index (χ4v) is 4.19. The van der Waals surface area contributed by atoms with Gasteiger partial charge in [0.05, 0.1) is 43.7 Å². The molecule has 8 nitrogen and oxygen atoms in total. The fraction of sp³-hybridized carbons (Fsp3) is 0.304. The summed E-state index contributed by atoms with van der Waals surface area (Å²) in [6.45, 7) is 2.97. The molecule has 2 aliphatic heterocycles. The Kier molecular flexibility index (Phi) is 5.87. The quantitative estimate of drug-likeness (QED) is 0.602. The number of furan rings is 2. The molecular formula is C23H23ClN4O4. The highest BCUT2D eigenvalue weighted by atomic mass is 35.5. The van der Waals surface area contributed by atoms with Crippen LogP contribution in [0.25, 0.3) is 0 Å². The normalized spacial score (nSPS) is 18.7. The van der Waals surface area contributed by atoms with E-state index in [-0.39, 0.29) is 18.5 Å². The van der Waals surface area contributed by atoms with Crippen LogP contribution in [0.4, 0.5) is 11.4 Å². The maximum atomic E-state index is 13.2. The molecular weight excluding hydrogens is 432 g/mol. The van der Waals surface area contributed by atoms with Crippen molar-refractivity contribution in [3.8, 4) is 0 Å². The molecule has 0 radical (unpaired) electrons. The molecule has 3 aromatic rings. The van der Waals surface area contributed by atoms with Gasteiger partial charge < -0.3 is 23.8 Å². The smallest absolute Gasteiger partial charge is 0.262 e. The Labute approximate surface area is 190 Å². The Morgan fingerprint density at radius 1 is 1.12 bits per heavy atom. The van der Waals surface area contributed by atoms with Gasteiger partial charge in [-0.25, -0.2) is 5.01 Å². The van der Waals surface area contributed by atoms with Crippen molar-refractivity contribution >= 4 is 34.6 Å². The van der Waals surface area contributed by atoms with Gasteiger partial charge in [0, 0.05) is 24.5 Å². The van der Waals surface area contributed by atoms with Crippen LogP contribution in [0, 0.1) is 0 Å². The van der Waals surface area contributed by atoms with Crippen molar-refractivity contribution in [3.05, 3.63) is 71.5 Å². The number of rotatable bonds is 6. The van der Waals surface area contributed by atoms with Gasteiger partial charge in [0.25, 0.3) is 5.91 Å². The van der Waals surface area contributed by atoms with E-state index in [0.717, 1.165) is 24.5 Å². The molecule has 2 aliphatic rings. The highest BCUT2D eigenvalue weighted by Crippen LogP contribution is 2.34. The maximum absolute atomic E-state index is 13.2. The summed E-state index contributed by atoms with van der Waals surface area (Å²) in [5.41, 5.74) is 2.51. The van der Waals surface area contributed by atoms with Crippen LogP contribution < -0.4 is 10.2 Å². The molecule has 5 rings (SSSR count). The number of ether oxygens (including phenoxy) is 1. The van der Waals surface area contributed by atoms with E-state index in [1.54, 1.807) is 18.6 Å². The summed E-state index contributed by atoms with van der Waals surface area (Å²) in [5, 5.41) is 9.90. The second kappa shape index (κ2) is 9.10. The lowest BCUT2D eigenvalue weighted by Crippen LogP contribution is -2.37. The molecule has 166 valence electrons. The summed E-state index contributed by atoms with van der Waals surface area (Å²) in [6, 6.07) is 12.6. The molecule has 2 aromatic heterocycles. The largest absolute Gasteiger partial charge is 0.467 e. The van der Waals surface area contributed by atoms with E-state index in [1.807, 2.05) is 36.4 Å². The number of anilines is 2. The van der Waals surface area contributed by atoms with Gasteiger partial charge in [-0.2, -0.15) is 5.10 Å². The number of hydrogen-bond donors (Lipinski definition) is 1. The molecule has 1 unspecified atom stereocenters. The highest BCUT2D eigenvalue weighted by Gasteiger charge is 2.35. The van der Waals surface area contributed by atoms with Gasteiger partial charge in [-0.15, -0.1) is 0 Å². The van der Waals surface area contributed by atoms with Gasteiger partial charge in [0.15, 0.2) is 0 Å². The number of benzene rings is 1. The second-order valence-corrected chi connectivity index (χ2v) is 8.05. The van der Waals surface area contributed by atoms with Crippen molar-refractivity contribution in [2.45, 2.75) is 12.5 Å². The molecule has 4 heterocycles. The average molecular weight is 455 g/mol. The van der Waals surface area contributed by atoms with Crippen LogP contribution in [0.3, 0.4) is 0 Å². The van der Waals surface area contributed by atoms with Crippen LogP contribution in [0.1, 0.15) is 24.0 Å². The first-order valence-corrected chi connectivity index (χ1v) is 10.9. The third-order valence-electron chi connectivity index (χ3n) is 5.58. The van der Waals surface area contributed by atoms with Gasteiger partial charge in [0.1, 0.15) is 23.3 Å². The zero-order valence-electron chi connectivity index (χ0n) is 17.4. The lowest BCUT2D eigenvalue weighted by molar-refractivity contribution is -0.131. The van der Waals surface area contributed by atoms with E-state index in [9.17, 15) is 4.79 Å². The highest BCUT2D eigenvalue weighted by molar-refractivity contribution is 6.31. The number of nitrogens with zero attached hydrogens (tertiary/aromatic N) is 3. The lowest BCUT2D eigenvalue weighted by Gasteiger charge is -2.31. The molecule has 0 aliphatic carbocycles. The number of amides is 1. The summed E-state index contributed by atoms with van der Waals surface area (Å²) < 4.78 is 16.5. The maximum Gasteiger partial charge on any atom is 0.262 e. The molecule has 1 amide bonds. The van der Waals surface area contributed by atoms with Gasteiger partial charge >= 0.3 is 0 Å². The Hall–Kier alpha value is -3.23. The van der Waals surface area contributed by atoms with E-state index < -0.39 is 0 Å². The zero-order valence-corrected chi connectivity index (χ0v) is 18.1. The predicted octanol–water partition coefficient (Wildman–Crippen LogP) is 4.15. The minimum absolute atomic E-state index is 0.0594. The van der Waals surface area contributed by atoms with Crippen molar-refractivity contribution in [1.29, 1.82) is 0 Å². The Morgan fingerprint density at radius 2 is 1.94 bits per heavy atom. The number of carbonyl (C=O) groups is 1. The molecule has 1 saturated heterocycles. The Bertz CT molecular complexity index is 1090. The minimum Gasteiger partial charge on any atom is -0.467 e. The SMILES string of the molecule is O=C(CNc1cc(Cl)ccc1N1CCOCC1)N1N=C(c2ccco2)CC1c1ccco1. The summed E-state index contributed by atoms with van der Waals surface area (Å²) >= 11 is 6.24. The molecule has 0 spiro atoms. The van der Waals surface area contributed by atoms with Gasteiger partial charge in [-0.3, -0.25) is 4.79 Å². The monoisotopic (exact) mass is 454 g/mol. The third-order valence-corrected chi connectivity index (χ3v) is 5.82. The first-order valence-electron chi connectivity index (χ1n) is 10.5.